The highest BCUT2D eigenvalue weighted by molar-refractivity contribution is 5.86. The SMILES string of the molecule is O=C(Cc1ccc(F)cc1F)C(F)(F)F. The second-order valence-electron chi connectivity index (χ2n) is 2.83. The molecule has 1 aromatic carbocycles. The molecule has 1 rings (SSSR count). The van der Waals surface area contributed by atoms with Gasteiger partial charge >= 0.3 is 6.18 Å². The maximum atomic E-state index is 12.8. The summed E-state index contributed by atoms with van der Waals surface area (Å²) in [6, 6.07) is 2.04. The van der Waals surface area contributed by atoms with Gasteiger partial charge in [0.05, 0.1) is 0 Å². The molecule has 0 saturated heterocycles. The molecule has 0 aromatic heterocycles. The lowest BCUT2D eigenvalue weighted by Crippen LogP contribution is -2.24. The van der Waals surface area contributed by atoms with E-state index in [1.807, 2.05) is 0 Å². The molecule has 0 aliphatic rings. The second-order valence-corrected chi connectivity index (χ2v) is 2.83. The summed E-state index contributed by atoms with van der Waals surface area (Å²) < 4.78 is 60.6. The van der Waals surface area contributed by atoms with Gasteiger partial charge in [0, 0.05) is 12.5 Å². The van der Waals surface area contributed by atoms with Crippen LogP contribution >= 0.6 is 0 Å². The monoisotopic (exact) mass is 224 g/mol. The number of ketones is 1. The number of hydrogen-bond donors (Lipinski definition) is 0. The molecule has 1 aromatic rings. The molecule has 0 amide bonds. The van der Waals surface area contributed by atoms with Crippen molar-refractivity contribution in [1.29, 1.82) is 0 Å². The van der Waals surface area contributed by atoms with Crippen molar-refractivity contribution >= 4 is 5.78 Å². The molecule has 6 heteroatoms. The Kier molecular flexibility index (Phi) is 3.06. The second kappa shape index (κ2) is 3.96. The van der Waals surface area contributed by atoms with Crippen LogP contribution in [0.5, 0.6) is 0 Å². The van der Waals surface area contributed by atoms with Crippen molar-refractivity contribution in [3.63, 3.8) is 0 Å². The zero-order valence-corrected chi connectivity index (χ0v) is 7.24. The first-order valence-corrected chi connectivity index (χ1v) is 3.84. The van der Waals surface area contributed by atoms with E-state index in [9.17, 15) is 26.7 Å². The van der Waals surface area contributed by atoms with Crippen LogP contribution in [0.15, 0.2) is 18.2 Å². The van der Waals surface area contributed by atoms with Gasteiger partial charge in [-0.2, -0.15) is 13.2 Å². The zero-order valence-electron chi connectivity index (χ0n) is 7.24. The van der Waals surface area contributed by atoms with Gasteiger partial charge in [-0.3, -0.25) is 4.79 Å². The summed E-state index contributed by atoms with van der Waals surface area (Å²) >= 11 is 0. The van der Waals surface area contributed by atoms with Gasteiger partial charge in [-0.15, -0.1) is 0 Å². The number of carbonyl (C=O) groups excluding carboxylic acids is 1. The Bertz CT molecular complexity index is 383. The number of rotatable bonds is 2. The summed E-state index contributed by atoms with van der Waals surface area (Å²) in [6.45, 7) is 0. The third kappa shape index (κ3) is 3.00. The van der Waals surface area contributed by atoms with Gasteiger partial charge in [0.25, 0.3) is 0 Å². The summed E-state index contributed by atoms with van der Waals surface area (Å²) in [4.78, 5) is 10.5. The van der Waals surface area contributed by atoms with Crippen molar-refractivity contribution in [1.82, 2.24) is 0 Å². The Morgan fingerprint density at radius 1 is 1.20 bits per heavy atom. The van der Waals surface area contributed by atoms with Crippen LogP contribution in [0.25, 0.3) is 0 Å². The van der Waals surface area contributed by atoms with E-state index in [-0.39, 0.29) is 0 Å². The lowest BCUT2D eigenvalue weighted by molar-refractivity contribution is -0.170. The van der Waals surface area contributed by atoms with Crippen LogP contribution in [0, 0.1) is 11.6 Å². The van der Waals surface area contributed by atoms with Crippen LogP contribution in [-0.4, -0.2) is 12.0 Å². The Balaban J connectivity index is 2.87. The maximum Gasteiger partial charge on any atom is 0.450 e. The Morgan fingerprint density at radius 2 is 1.80 bits per heavy atom. The molecule has 0 unspecified atom stereocenters. The number of carbonyl (C=O) groups is 1. The molecule has 15 heavy (non-hydrogen) atoms. The van der Waals surface area contributed by atoms with Gasteiger partial charge in [0.15, 0.2) is 0 Å². The highest BCUT2D eigenvalue weighted by Crippen LogP contribution is 2.20. The predicted octanol–water partition coefficient (Wildman–Crippen LogP) is 2.64. The van der Waals surface area contributed by atoms with Crippen LogP contribution in [0.4, 0.5) is 22.0 Å². The number of benzene rings is 1. The minimum atomic E-state index is -5.00. The average Bonchev–Trinajstić information content (AvgIpc) is 2.08. The molecule has 1 nitrogen and oxygen atoms in total. The molecule has 0 heterocycles. The zero-order chi connectivity index (χ0) is 11.6. The van der Waals surface area contributed by atoms with Crippen molar-refractivity contribution in [2.75, 3.05) is 0 Å². The fourth-order valence-electron chi connectivity index (χ4n) is 0.938. The molecule has 0 saturated carbocycles. The fourth-order valence-corrected chi connectivity index (χ4v) is 0.938. The summed E-state index contributed by atoms with van der Waals surface area (Å²) in [7, 11) is 0. The topological polar surface area (TPSA) is 17.1 Å². The van der Waals surface area contributed by atoms with E-state index in [2.05, 4.69) is 0 Å². The third-order valence-corrected chi connectivity index (χ3v) is 1.68. The lowest BCUT2D eigenvalue weighted by atomic mass is 10.1. The Hall–Kier alpha value is -1.46. The smallest absolute Gasteiger partial charge is 0.289 e. The number of Topliss-reactive ketones (excluding diaryl/α,β-unsaturated/α-hetero) is 1. The van der Waals surface area contributed by atoms with E-state index in [1.54, 1.807) is 0 Å². The van der Waals surface area contributed by atoms with Crippen LogP contribution in [0.2, 0.25) is 0 Å². The molecule has 0 aliphatic heterocycles. The molecule has 0 N–H and O–H groups in total. The summed E-state index contributed by atoms with van der Waals surface area (Å²) in [5, 5.41) is 0. The molecular formula is C9H5F5O. The largest absolute Gasteiger partial charge is 0.450 e. The fraction of sp³-hybridized carbons (Fsp3) is 0.222. The molecule has 82 valence electrons. The maximum absolute atomic E-state index is 12.8. The number of halogens is 5. The number of alkyl halides is 3. The van der Waals surface area contributed by atoms with Crippen LogP contribution < -0.4 is 0 Å². The van der Waals surface area contributed by atoms with Crippen molar-refractivity contribution in [2.45, 2.75) is 12.6 Å². The van der Waals surface area contributed by atoms with Gasteiger partial charge in [-0.1, -0.05) is 6.07 Å². The lowest BCUT2D eigenvalue weighted by Gasteiger charge is -2.05. The van der Waals surface area contributed by atoms with E-state index in [1.165, 1.54) is 0 Å². The Morgan fingerprint density at radius 3 is 2.27 bits per heavy atom. The molecule has 0 spiro atoms. The van der Waals surface area contributed by atoms with Gasteiger partial charge in [0.1, 0.15) is 11.6 Å². The normalized spacial score (nSPS) is 11.5. The van der Waals surface area contributed by atoms with Crippen molar-refractivity contribution in [3.8, 4) is 0 Å². The molecule has 0 fully saturated rings. The van der Waals surface area contributed by atoms with Gasteiger partial charge in [-0.25, -0.2) is 8.78 Å². The van der Waals surface area contributed by atoms with Crippen LogP contribution in [0.1, 0.15) is 5.56 Å². The summed E-state index contributed by atoms with van der Waals surface area (Å²) in [5.41, 5.74) is -0.473. The highest BCUT2D eigenvalue weighted by Gasteiger charge is 2.38. The van der Waals surface area contributed by atoms with Gasteiger partial charge in [-0.05, 0) is 11.6 Å². The van der Waals surface area contributed by atoms with Gasteiger partial charge in [0.2, 0.25) is 5.78 Å². The quantitative estimate of drug-likeness (QED) is 0.706. The first kappa shape index (κ1) is 11.6. The van der Waals surface area contributed by atoms with Crippen molar-refractivity contribution < 1.29 is 26.7 Å². The third-order valence-electron chi connectivity index (χ3n) is 1.68. The molecule has 0 bridgehead atoms. The van der Waals surface area contributed by atoms with Crippen LogP contribution in [0.3, 0.4) is 0 Å². The van der Waals surface area contributed by atoms with E-state index >= 15 is 0 Å². The minimum Gasteiger partial charge on any atom is -0.289 e. The van der Waals surface area contributed by atoms with Crippen LogP contribution in [-0.2, 0) is 11.2 Å². The number of hydrogen-bond acceptors (Lipinski definition) is 1. The minimum absolute atomic E-state index is 0.430. The van der Waals surface area contributed by atoms with E-state index in [4.69, 9.17) is 0 Å². The molecule has 0 aliphatic carbocycles. The van der Waals surface area contributed by atoms with Gasteiger partial charge < -0.3 is 0 Å². The van der Waals surface area contributed by atoms with E-state index in [0.717, 1.165) is 12.1 Å². The summed E-state index contributed by atoms with van der Waals surface area (Å²) in [5.74, 6) is -4.13. The van der Waals surface area contributed by atoms with Crippen molar-refractivity contribution in [2.24, 2.45) is 0 Å². The van der Waals surface area contributed by atoms with E-state index in [0.29, 0.717) is 6.07 Å². The molecule has 0 atom stereocenters. The first-order valence-electron chi connectivity index (χ1n) is 3.84. The molecule has 0 radical (unpaired) electrons. The predicted molar refractivity (Wildman–Crippen MR) is 41.1 cm³/mol. The summed E-state index contributed by atoms with van der Waals surface area (Å²) in [6.07, 6.45) is -6.11. The average molecular weight is 224 g/mol. The van der Waals surface area contributed by atoms with E-state index < -0.39 is 35.6 Å². The highest BCUT2D eigenvalue weighted by atomic mass is 19.4. The Labute approximate surface area is 81.5 Å². The standard InChI is InChI=1S/C9H5F5O/c10-6-2-1-5(7(11)4-6)3-8(15)9(12,13)14/h1-2,4H,3H2. The van der Waals surface area contributed by atoms with Crippen molar-refractivity contribution in [3.05, 3.63) is 35.4 Å². The first-order chi connectivity index (χ1) is 6.80. The molecular weight excluding hydrogens is 219 g/mol.